The van der Waals surface area contributed by atoms with Gasteiger partial charge in [0.1, 0.15) is 18.0 Å². The SMILES string of the molecule is CCOC(=O)Cn1c(=NC(=O)CS(=O)(=O)c2ccc(OC)cc2)sc2cc(Br)ccc21. The van der Waals surface area contributed by atoms with Crippen LogP contribution in [-0.4, -0.2) is 44.3 Å². The highest BCUT2D eigenvalue weighted by atomic mass is 79.9. The van der Waals surface area contributed by atoms with Gasteiger partial charge in [-0.1, -0.05) is 27.3 Å². The summed E-state index contributed by atoms with van der Waals surface area (Å²) in [6.07, 6.45) is 0. The van der Waals surface area contributed by atoms with E-state index in [1.165, 1.54) is 42.7 Å². The molecule has 1 aromatic heterocycles. The number of halogens is 1. The van der Waals surface area contributed by atoms with Crippen LogP contribution in [-0.2, 0) is 30.7 Å². The summed E-state index contributed by atoms with van der Waals surface area (Å²) >= 11 is 4.57. The second-order valence-electron chi connectivity index (χ2n) is 6.33. The molecule has 3 aromatic rings. The summed E-state index contributed by atoms with van der Waals surface area (Å²) in [5.74, 6) is -1.60. The highest BCUT2D eigenvalue weighted by Gasteiger charge is 2.20. The Morgan fingerprint density at radius 3 is 2.52 bits per heavy atom. The number of carbonyl (C=O) groups excluding carboxylic acids is 2. The van der Waals surface area contributed by atoms with Gasteiger partial charge >= 0.3 is 5.97 Å². The van der Waals surface area contributed by atoms with Crippen molar-refractivity contribution in [3.05, 3.63) is 51.7 Å². The van der Waals surface area contributed by atoms with Crippen LogP contribution in [0.2, 0.25) is 0 Å². The molecule has 31 heavy (non-hydrogen) atoms. The number of nitrogens with zero attached hydrogens (tertiary/aromatic N) is 2. The third kappa shape index (κ3) is 5.60. The van der Waals surface area contributed by atoms with E-state index in [2.05, 4.69) is 20.9 Å². The first-order chi connectivity index (χ1) is 14.7. The van der Waals surface area contributed by atoms with E-state index >= 15 is 0 Å². The van der Waals surface area contributed by atoms with Gasteiger partial charge in [0.15, 0.2) is 14.6 Å². The summed E-state index contributed by atoms with van der Waals surface area (Å²) < 4.78 is 38.4. The zero-order chi connectivity index (χ0) is 22.6. The Hall–Kier alpha value is -2.50. The lowest BCUT2D eigenvalue weighted by Gasteiger charge is -2.05. The number of benzene rings is 2. The number of sulfone groups is 1. The highest BCUT2D eigenvalue weighted by molar-refractivity contribution is 9.10. The first-order valence-electron chi connectivity index (χ1n) is 9.12. The number of esters is 1. The Balaban J connectivity index is 1.96. The number of methoxy groups -OCH3 is 1. The van der Waals surface area contributed by atoms with Crippen LogP contribution in [0.3, 0.4) is 0 Å². The third-order valence-electron chi connectivity index (χ3n) is 4.19. The van der Waals surface area contributed by atoms with Gasteiger partial charge in [0, 0.05) is 4.47 Å². The van der Waals surface area contributed by atoms with Crippen LogP contribution in [0.15, 0.2) is 56.8 Å². The molecule has 0 aliphatic heterocycles. The van der Waals surface area contributed by atoms with Gasteiger partial charge in [-0.3, -0.25) is 9.59 Å². The van der Waals surface area contributed by atoms with Crippen molar-refractivity contribution in [1.29, 1.82) is 0 Å². The smallest absolute Gasteiger partial charge is 0.326 e. The van der Waals surface area contributed by atoms with Gasteiger partial charge in [-0.25, -0.2) is 8.42 Å². The molecule has 3 rings (SSSR count). The number of amides is 1. The van der Waals surface area contributed by atoms with Crippen LogP contribution >= 0.6 is 27.3 Å². The zero-order valence-corrected chi connectivity index (χ0v) is 19.9. The molecule has 0 bridgehead atoms. The maximum Gasteiger partial charge on any atom is 0.326 e. The Morgan fingerprint density at radius 1 is 1.16 bits per heavy atom. The van der Waals surface area contributed by atoms with Crippen molar-refractivity contribution in [3.8, 4) is 5.75 Å². The predicted molar refractivity (Wildman–Crippen MR) is 120 cm³/mol. The molecule has 0 aliphatic carbocycles. The molecule has 0 atom stereocenters. The summed E-state index contributed by atoms with van der Waals surface area (Å²) in [5.41, 5.74) is 0.686. The van der Waals surface area contributed by atoms with Crippen molar-refractivity contribution in [2.75, 3.05) is 19.5 Å². The Bertz CT molecular complexity index is 1290. The van der Waals surface area contributed by atoms with E-state index in [1.807, 2.05) is 6.07 Å². The largest absolute Gasteiger partial charge is 0.497 e. The van der Waals surface area contributed by atoms with Crippen molar-refractivity contribution in [2.45, 2.75) is 18.4 Å². The molecule has 0 radical (unpaired) electrons. The molecule has 0 spiro atoms. The van der Waals surface area contributed by atoms with Crippen LogP contribution in [0.4, 0.5) is 0 Å². The lowest BCUT2D eigenvalue weighted by atomic mass is 10.3. The summed E-state index contributed by atoms with van der Waals surface area (Å²) in [6, 6.07) is 11.2. The summed E-state index contributed by atoms with van der Waals surface area (Å²) in [7, 11) is -2.42. The number of ether oxygens (including phenoxy) is 2. The predicted octanol–water partition coefficient (Wildman–Crippen LogP) is 2.94. The molecule has 0 saturated heterocycles. The number of thiazole rings is 1. The number of hydrogen-bond acceptors (Lipinski definition) is 7. The molecule has 1 amide bonds. The normalized spacial score (nSPS) is 12.2. The summed E-state index contributed by atoms with van der Waals surface area (Å²) in [4.78, 5) is 28.8. The standard InChI is InChI=1S/C20H19BrN2O6S2/c1-3-29-19(25)11-23-16-9-4-13(21)10-17(16)30-20(23)22-18(24)12-31(26,27)15-7-5-14(28-2)6-8-15/h4-10H,3,11-12H2,1-2H3. The topological polar surface area (TPSA) is 104 Å². The molecule has 2 aromatic carbocycles. The second-order valence-corrected chi connectivity index (χ2v) is 10.2. The quantitative estimate of drug-likeness (QED) is 0.438. The molecule has 8 nitrogen and oxygen atoms in total. The number of fused-ring (bicyclic) bond motifs is 1. The van der Waals surface area contributed by atoms with Gasteiger partial charge in [0.2, 0.25) is 0 Å². The fraction of sp³-hybridized carbons (Fsp3) is 0.250. The van der Waals surface area contributed by atoms with Crippen LogP contribution in [0.1, 0.15) is 6.92 Å². The minimum Gasteiger partial charge on any atom is -0.497 e. The average Bonchev–Trinajstić information content (AvgIpc) is 3.03. The first kappa shape index (κ1) is 23.2. The number of rotatable bonds is 7. The van der Waals surface area contributed by atoms with Crippen molar-refractivity contribution in [2.24, 2.45) is 4.99 Å². The van der Waals surface area contributed by atoms with Crippen molar-refractivity contribution >= 4 is 59.2 Å². The third-order valence-corrected chi connectivity index (χ3v) is 7.34. The van der Waals surface area contributed by atoms with Crippen molar-refractivity contribution in [3.63, 3.8) is 0 Å². The average molecular weight is 527 g/mol. The molecule has 0 fully saturated rings. The second kappa shape index (κ2) is 9.75. The molecule has 0 unspecified atom stereocenters. The zero-order valence-electron chi connectivity index (χ0n) is 16.7. The number of hydrogen-bond donors (Lipinski definition) is 0. The van der Waals surface area contributed by atoms with Crippen LogP contribution < -0.4 is 9.54 Å². The Morgan fingerprint density at radius 2 is 1.87 bits per heavy atom. The maximum absolute atomic E-state index is 12.6. The minimum absolute atomic E-state index is 0.00322. The van der Waals surface area contributed by atoms with Gasteiger partial charge < -0.3 is 14.0 Å². The van der Waals surface area contributed by atoms with Crippen LogP contribution in [0, 0.1) is 0 Å². The van der Waals surface area contributed by atoms with E-state index < -0.39 is 27.5 Å². The van der Waals surface area contributed by atoms with Gasteiger partial charge in [-0.2, -0.15) is 4.99 Å². The lowest BCUT2D eigenvalue weighted by molar-refractivity contribution is -0.143. The van der Waals surface area contributed by atoms with E-state index in [-0.39, 0.29) is 22.8 Å². The van der Waals surface area contributed by atoms with E-state index in [9.17, 15) is 18.0 Å². The molecular formula is C20H19BrN2O6S2. The fourth-order valence-electron chi connectivity index (χ4n) is 2.79. The monoisotopic (exact) mass is 526 g/mol. The molecule has 1 heterocycles. The number of carbonyl (C=O) groups is 2. The molecule has 0 saturated carbocycles. The van der Waals surface area contributed by atoms with Gasteiger partial charge in [-0.05, 0) is 49.4 Å². The van der Waals surface area contributed by atoms with Crippen molar-refractivity contribution in [1.82, 2.24) is 4.57 Å². The van der Waals surface area contributed by atoms with Gasteiger partial charge in [0.25, 0.3) is 5.91 Å². The molecule has 164 valence electrons. The Labute approximate surface area is 191 Å². The van der Waals surface area contributed by atoms with Crippen LogP contribution in [0.25, 0.3) is 10.2 Å². The summed E-state index contributed by atoms with van der Waals surface area (Å²) in [5, 5.41) is 0. The van der Waals surface area contributed by atoms with E-state index in [4.69, 9.17) is 9.47 Å². The fourth-order valence-corrected chi connectivity index (χ4v) is 5.49. The highest BCUT2D eigenvalue weighted by Crippen LogP contribution is 2.22. The van der Waals surface area contributed by atoms with E-state index in [0.717, 1.165) is 9.17 Å². The van der Waals surface area contributed by atoms with Crippen molar-refractivity contribution < 1.29 is 27.5 Å². The first-order valence-corrected chi connectivity index (χ1v) is 12.4. The lowest BCUT2D eigenvalue weighted by Crippen LogP contribution is -2.24. The van der Waals surface area contributed by atoms with Gasteiger partial charge in [0.05, 0.1) is 28.8 Å². The van der Waals surface area contributed by atoms with Gasteiger partial charge in [-0.15, -0.1) is 0 Å². The molecule has 0 aliphatic rings. The minimum atomic E-state index is -3.89. The van der Waals surface area contributed by atoms with E-state index in [0.29, 0.717) is 11.3 Å². The maximum atomic E-state index is 12.6. The molecular weight excluding hydrogens is 508 g/mol. The van der Waals surface area contributed by atoms with Crippen LogP contribution in [0.5, 0.6) is 5.75 Å². The molecule has 11 heteroatoms. The Kier molecular flexibility index (Phi) is 7.29. The van der Waals surface area contributed by atoms with E-state index in [1.54, 1.807) is 23.6 Å². The summed E-state index contributed by atoms with van der Waals surface area (Å²) in [6.45, 7) is 1.77. The number of aromatic nitrogens is 1. The molecule has 0 N–H and O–H groups in total.